The molecule has 1 aliphatic rings. The molecule has 0 radical (unpaired) electrons. The van der Waals surface area contributed by atoms with Gasteiger partial charge in [-0.05, 0) is 27.7 Å². The third-order valence-corrected chi connectivity index (χ3v) is 2.17. The van der Waals surface area contributed by atoms with Crippen LogP contribution in [-0.4, -0.2) is 40.4 Å². The highest BCUT2D eigenvalue weighted by molar-refractivity contribution is 6.02. The molecule has 1 aliphatic heterocycles. The Hall–Kier alpha value is -1.06. The van der Waals surface area contributed by atoms with Crippen molar-refractivity contribution < 1.29 is 9.59 Å². The molecule has 74 valence electrons. The van der Waals surface area contributed by atoms with Crippen molar-refractivity contribution >= 4 is 11.9 Å². The Kier molecular flexibility index (Phi) is 2.59. The summed E-state index contributed by atoms with van der Waals surface area (Å²) in [5, 5.41) is 0. The van der Waals surface area contributed by atoms with E-state index >= 15 is 0 Å². The zero-order valence-corrected chi connectivity index (χ0v) is 8.57. The van der Waals surface area contributed by atoms with Crippen molar-refractivity contribution in [3.05, 3.63) is 0 Å². The van der Waals surface area contributed by atoms with E-state index < -0.39 is 0 Å². The van der Waals surface area contributed by atoms with E-state index in [-0.39, 0.29) is 30.6 Å². The first kappa shape index (κ1) is 10.0. The molecule has 1 fully saturated rings. The van der Waals surface area contributed by atoms with E-state index in [1.807, 2.05) is 27.7 Å². The summed E-state index contributed by atoms with van der Waals surface area (Å²) < 4.78 is 0. The smallest absolute Gasteiger partial charge is 0.313 e. The average Bonchev–Trinajstić information content (AvgIpc) is 2.26. The highest BCUT2D eigenvalue weighted by Crippen LogP contribution is 2.15. The number of hydrogen-bond donors (Lipinski definition) is 0. The van der Waals surface area contributed by atoms with Crippen molar-refractivity contribution in [1.29, 1.82) is 0 Å². The highest BCUT2D eigenvalue weighted by atomic mass is 16.2. The third kappa shape index (κ3) is 1.66. The fraction of sp³-hybridized carbons (Fsp3) is 0.778. The van der Waals surface area contributed by atoms with Crippen molar-refractivity contribution in [2.24, 2.45) is 0 Å². The molecule has 1 saturated heterocycles. The van der Waals surface area contributed by atoms with Crippen molar-refractivity contribution in [3.8, 4) is 0 Å². The fourth-order valence-corrected chi connectivity index (χ4v) is 1.45. The Morgan fingerprint density at radius 2 is 1.62 bits per heavy atom. The molecule has 1 heterocycles. The molecule has 0 aliphatic carbocycles. The molecule has 0 aromatic rings. The van der Waals surface area contributed by atoms with Gasteiger partial charge in [-0.2, -0.15) is 0 Å². The molecule has 0 N–H and O–H groups in total. The predicted octanol–water partition coefficient (Wildman–Crippen LogP) is 1.07. The van der Waals surface area contributed by atoms with Crippen LogP contribution in [0, 0.1) is 0 Å². The van der Waals surface area contributed by atoms with Gasteiger partial charge in [0.05, 0.1) is 0 Å². The van der Waals surface area contributed by atoms with E-state index in [1.165, 1.54) is 4.90 Å². The van der Waals surface area contributed by atoms with Gasteiger partial charge in [0.25, 0.3) is 5.91 Å². The maximum Gasteiger partial charge on any atom is 0.327 e. The molecule has 0 aromatic heterocycles. The second-order valence-electron chi connectivity index (χ2n) is 3.86. The maximum absolute atomic E-state index is 11.6. The Morgan fingerprint density at radius 1 is 1.08 bits per heavy atom. The Bertz CT molecular complexity index is 236. The minimum absolute atomic E-state index is 0.0382. The van der Waals surface area contributed by atoms with Crippen molar-refractivity contribution in [2.75, 3.05) is 6.54 Å². The zero-order valence-electron chi connectivity index (χ0n) is 8.57. The van der Waals surface area contributed by atoms with Crippen LogP contribution < -0.4 is 0 Å². The summed E-state index contributed by atoms with van der Waals surface area (Å²) in [7, 11) is 0. The number of rotatable bonds is 2. The molecule has 4 nitrogen and oxygen atoms in total. The summed E-state index contributed by atoms with van der Waals surface area (Å²) in [6, 6.07) is -0.0982. The SMILES string of the molecule is CC(C)N1CC(=O)N(C(C)C)C1=O. The standard InChI is InChI=1S/C9H16N2O2/c1-6(2)10-5-8(12)11(7(3)4)9(10)13/h6-7H,5H2,1-4H3. The quantitative estimate of drug-likeness (QED) is 0.602. The summed E-state index contributed by atoms with van der Waals surface area (Å²) in [6.45, 7) is 7.75. The van der Waals surface area contributed by atoms with Gasteiger partial charge in [0.2, 0.25) is 0 Å². The average molecular weight is 184 g/mol. The van der Waals surface area contributed by atoms with E-state index in [9.17, 15) is 9.59 Å². The van der Waals surface area contributed by atoms with Crippen LogP contribution in [0.15, 0.2) is 0 Å². The summed E-state index contributed by atoms with van der Waals surface area (Å²) in [4.78, 5) is 25.9. The summed E-state index contributed by atoms with van der Waals surface area (Å²) in [5.41, 5.74) is 0. The van der Waals surface area contributed by atoms with E-state index in [2.05, 4.69) is 0 Å². The largest absolute Gasteiger partial charge is 0.327 e. The minimum atomic E-state index is -0.157. The second kappa shape index (κ2) is 3.36. The zero-order chi connectivity index (χ0) is 10.2. The number of imide groups is 1. The number of urea groups is 1. The molecule has 13 heavy (non-hydrogen) atoms. The molecule has 1 rings (SSSR count). The lowest BCUT2D eigenvalue weighted by atomic mass is 10.3. The molecule has 0 atom stereocenters. The first-order valence-corrected chi connectivity index (χ1v) is 4.57. The number of amides is 3. The Balaban J connectivity index is 2.82. The van der Waals surface area contributed by atoms with Crippen LogP contribution in [0.3, 0.4) is 0 Å². The molecule has 0 saturated carbocycles. The molecule has 0 bridgehead atoms. The summed E-state index contributed by atoms with van der Waals surface area (Å²) in [6.07, 6.45) is 0. The molecule has 0 aromatic carbocycles. The van der Waals surface area contributed by atoms with Gasteiger partial charge in [0.15, 0.2) is 0 Å². The van der Waals surface area contributed by atoms with Crippen LogP contribution >= 0.6 is 0 Å². The van der Waals surface area contributed by atoms with Crippen LogP contribution in [0.1, 0.15) is 27.7 Å². The lowest BCUT2D eigenvalue weighted by molar-refractivity contribution is -0.126. The number of carbonyl (C=O) groups excluding carboxylic acids is 2. The van der Waals surface area contributed by atoms with Crippen LogP contribution in [0.4, 0.5) is 4.79 Å². The molecule has 0 spiro atoms. The van der Waals surface area contributed by atoms with Gasteiger partial charge in [-0.1, -0.05) is 0 Å². The van der Waals surface area contributed by atoms with Gasteiger partial charge >= 0.3 is 6.03 Å². The van der Waals surface area contributed by atoms with E-state index in [4.69, 9.17) is 0 Å². The van der Waals surface area contributed by atoms with Gasteiger partial charge in [0, 0.05) is 12.1 Å². The van der Waals surface area contributed by atoms with Gasteiger partial charge in [0.1, 0.15) is 6.54 Å². The summed E-state index contributed by atoms with van der Waals surface area (Å²) >= 11 is 0. The number of nitrogens with zero attached hydrogens (tertiary/aromatic N) is 2. The topological polar surface area (TPSA) is 40.6 Å². The van der Waals surface area contributed by atoms with E-state index in [0.717, 1.165) is 0 Å². The van der Waals surface area contributed by atoms with Crippen LogP contribution in [0.25, 0.3) is 0 Å². The molecule has 0 unspecified atom stereocenters. The first-order chi connectivity index (χ1) is 5.95. The van der Waals surface area contributed by atoms with Gasteiger partial charge in [-0.15, -0.1) is 0 Å². The van der Waals surface area contributed by atoms with Crippen molar-refractivity contribution in [2.45, 2.75) is 39.8 Å². The van der Waals surface area contributed by atoms with Crippen molar-refractivity contribution in [3.63, 3.8) is 0 Å². The van der Waals surface area contributed by atoms with Gasteiger partial charge in [-0.3, -0.25) is 9.69 Å². The normalized spacial score (nSPS) is 18.3. The van der Waals surface area contributed by atoms with E-state index in [0.29, 0.717) is 0 Å². The van der Waals surface area contributed by atoms with Crippen LogP contribution in [0.5, 0.6) is 0 Å². The number of carbonyl (C=O) groups is 2. The highest BCUT2D eigenvalue weighted by Gasteiger charge is 2.38. The molecular weight excluding hydrogens is 168 g/mol. The Morgan fingerprint density at radius 3 is 1.85 bits per heavy atom. The van der Waals surface area contributed by atoms with E-state index in [1.54, 1.807) is 4.90 Å². The lowest BCUT2D eigenvalue weighted by Gasteiger charge is -2.22. The monoisotopic (exact) mass is 184 g/mol. The van der Waals surface area contributed by atoms with Gasteiger partial charge in [-0.25, -0.2) is 4.79 Å². The number of hydrogen-bond acceptors (Lipinski definition) is 2. The third-order valence-electron chi connectivity index (χ3n) is 2.17. The van der Waals surface area contributed by atoms with Crippen LogP contribution in [-0.2, 0) is 4.79 Å². The van der Waals surface area contributed by atoms with Gasteiger partial charge < -0.3 is 4.90 Å². The summed E-state index contributed by atoms with van der Waals surface area (Å²) in [5.74, 6) is -0.0892. The Labute approximate surface area is 78.5 Å². The second-order valence-corrected chi connectivity index (χ2v) is 3.86. The van der Waals surface area contributed by atoms with Crippen molar-refractivity contribution in [1.82, 2.24) is 9.80 Å². The van der Waals surface area contributed by atoms with Crippen LogP contribution in [0.2, 0.25) is 0 Å². The molecule has 3 amide bonds. The lowest BCUT2D eigenvalue weighted by Crippen LogP contribution is -2.39. The minimum Gasteiger partial charge on any atom is -0.313 e. The fourth-order valence-electron chi connectivity index (χ4n) is 1.45. The predicted molar refractivity (Wildman–Crippen MR) is 49.2 cm³/mol. The molecule has 4 heteroatoms. The molecular formula is C9H16N2O2. The maximum atomic E-state index is 11.6. The first-order valence-electron chi connectivity index (χ1n) is 4.57.